The van der Waals surface area contributed by atoms with Gasteiger partial charge in [-0.2, -0.15) is 0 Å². The highest BCUT2D eigenvalue weighted by Gasteiger charge is 2.23. The predicted molar refractivity (Wildman–Crippen MR) is 102 cm³/mol. The Morgan fingerprint density at radius 2 is 0.933 bits per heavy atom. The Morgan fingerprint density at radius 3 is 1.13 bits per heavy atom. The van der Waals surface area contributed by atoms with Crippen LogP contribution in [0.1, 0.15) is 40.5 Å². The molecule has 0 aromatic carbocycles. The maximum Gasteiger partial charge on any atom is 0.344 e. The molecule has 0 aliphatic rings. The Hall–Kier alpha value is -3.18. The van der Waals surface area contributed by atoms with Crippen LogP contribution in [0.3, 0.4) is 0 Å². The first-order chi connectivity index (χ1) is 13.8. The van der Waals surface area contributed by atoms with Crippen molar-refractivity contribution in [3.63, 3.8) is 0 Å². The summed E-state index contributed by atoms with van der Waals surface area (Å²) in [5.41, 5.74) is 0. The van der Waals surface area contributed by atoms with Gasteiger partial charge >= 0.3 is 23.9 Å². The molecule has 0 bridgehead atoms. The van der Waals surface area contributed by atoms with Crippen molar-refractivity contribution in [1.82, 2.24) is 10.6 Å². The summed E-state index contributed by atoms with van der Waals surface area (Å²) in [4.78, 5) is 65.1. The van der Waals surface area contributed by atoms with E-state index in [4.69, 9.17) is 10.2 Å². The number of carbonyl (C=O) groups is 6. The molecule has 0 aliphatic carbocycles. The Balaban J connectivity index is 0. The summed E-state index contributed by atoms with van der Waals surface area (Å²) in [7, 11) is 2.92. The number of nitrogens with one attached hydrogen (secondary N) is 2. The molecule has 172 valence electrons. The summed E-state index contributed by atoms with van der Waals surface area (Å²) in [6.45, 7) is 5.53. The molecule has 0 spiro atoms. The minimum absolute atomic E-state index is 0.0122. The van der Waals surface area contributed by atoms with Crippen LogP contribution >= 0.6 is 0 Å². The summed E-state index contributed by atoms with van der Waals surface area (Å²) in [6, 6.07) is 0. The molecule has 2 amide bonds. The number of rotatable bonds is 10. The standard InChI is InChI=1S/2C9H15NO5/c2*1-5(4-7(11)10-3)9(14)15-6(2)8(12)13/h2*5-6H,4H2,1-3H3,(H,10,11)(H,12,13). The van der Waals surface area contributed by atoms with Gasteiger partial charge in [-0.25, -0.2) is 9.59 Å². The monoisotopic (exact) mass is 434 g/mol. The highest BCUT2D eigenvalue weighted by molar-refractivity contribution is 5.85. The number of carboxylic acid groups (broad SMARTS) is 2. The van der Waals surface area contributed by atoms with Crippen LogP contribution in [0.5, 0.6) is 0 Å². The maximum absolute atomic E-state index is 11.2. The van der Waals surface area contributed by atoms with E-state index in [0.717, 1.165) is 0 Å². The van der Waals surface area contributed by atoms with E-state index < -0.39 is 47.9 Å². The van der Waals surface area contributed by atoms with Gasteiger partial charge in [0, 0.05) is 26.9 Å². The second-order valence-electron chi connectivity index (χ2n) is 6.39. The molecule has 0 fully saturated rings. The average Bonchev–Trinajstić information content (AvgIpc) is 2.67. The van der Waals surface area contributed by atoms with Crippen LogP contribution in [0.4, 0.5) is 0 Å². The Bertz CT molecular complexity index is 580. The van der Waals surface area contributed by atoms with E-state index in [-0.39, 0.29) is 24.7 Å². The lowest BCUT2D eigenvalue weighted by atomic mass is 10.1. The lowest BCUT2D eigenvalue weighted by molar-refractivity contribution is -0.165. The molecule has 4 N–H and O–H groups in total. The molecule has 0 radical (unpaired) electrons. The number of aliphatic carboxylic acids is 2. The largest absolute Gasteiger partial charge is 0.479 e. The van der Waals surface area contributed by atoms with E-state index in [1.54, 1.807) is 0 Å². The van der Waals surface area contributed by atoms with Crippen LogP contribution < -0.4 is 10.6 Å². The molecular weight excluding hydrogens is 404 g/mol. The molecule has 0 aromatic rings. The van der Waals surface area contributed by atoms with Gasteiger partial charge in [0.25, 0.3) is 0 Å². The fraction of sp³-hybridized carbons (Fsp3) is 0.667. The molecule has 0 heterocycles. The van der Waals surface area contributed by atoms with Crippen molar-refractivity contribution in [3.05, 3.63) is 0 Å². The molecule has 4 atom stereocenters. The summed E-state index contributed by atoms with van der Waals surface area (Å²) in [5.74, 6) is -5.67. The SMILES string of the molecule is CNC(=O)CC(C)C(=O)OC(C)C(=O)O.CNC(=O)CC(C)C(=O)OC(C)C(=O)O. The minimum atomic E-state index is -1.21. The molecule has 30 heavy (non-hydrogen) atoms. The summed E-state index contributed by atoms with van der Waals surface area (Å²) >= 11 is 0. The van der Waals surface area contributed by atoms with Crippen molar-refractivity contribution in [2.75, 3.05) is 14.1 Å². The van der Waals surface area contributed by atoms with Crippen LogP contribution in [-0.4, -0.2) is 72.2 Å². The third-order valence-corrected chi connectivity index (χ3v) is 3.63. The lowest BCUT2D eigenvalue weighted by Gasteiger charge is -2.13. The third-order valence-electron chi connectivity index (χ3n) is 3.63. The van der Waals surface area contributed by atoms with Crippen molar-refractivity contribution < 1.29 is 48.5 Å². The smallest absolute Gasteiger partial charge is 0.344 e. The number of amides is 2. The number of carbonyl (C=O) groups excluding carboxylic acids is 4. The zero-order chi connectivity index (χ0) is 24.0. The molecule has 0 aliphatic heterocycles. The highest BCUT2D eigenvalue weighted by Crippen LogP contribution is 2.07. The fourth-order valence-electron chi connectivity index (χ4n) is 1.61. The average molecular weight is 434 g/mol. The summed E-state index contributed by atoms with van der Waals surface area (Å²) in [5, 5.41) is 21.7. The van der Waals surface area contributed by atoms with Gasteiger partial charge in [0.1, 0.15) is 0 Å². The first-order valence-electron chi connectivity index (χ1n) is 9.04. The number of hydrogen-bond acceptors (Lipinski definition) is 8. The van der Waals surface area contributed by atoms with Crippen molar-refractivity contribution in [2.45, 2.75) is 52.7 Å². The van der Waals surface area contributed by atoms with Crippen molar-refractivity contribution >= 4 is 35.7 Å². The van der Waals surface area contributed by atoms with Gasteiger partial charge < -0.3 is 30.3 Å². The molecule has 0 saturated carbocycles. The summed E-state index contributed by atoms with van der Waals surface area (Å²) in [6.07, 6.45) is -2.40. The first-order valence-corrected chi connectivity index (χ1v) is 9.04. The number of carboxylic acids is 2. The van der Waals surface area contributed by atoms with Gasteiger partial charge in [0.2, 0.25) is 11.8 Å². The molecule has 0 rings (SSSR count). The quantitative estimate of drug-likeness (QED) is 0.328. The van der Waals surface area contributed by atoms with E-state index in [1.807, 2.05) is 0 Å². The number of ether oxygens (including phenoxy) is 2. The van der Waals surface area contributed by atoms with Crippen LogP contribution in [0, 0.1) is 11.8 Å². The van der Waals surface area contributed by atoms with Crippen LogP contribution in [-0.2, 0) is 38.2 Å². The van der Waals surface area contributed by atoms with Crippen LogP contribution in [0.15, 0.2) is 0 Å². The Kier molecular flexibility index (Phi) is 14.3. The number of hydrogen-bond donors (Lipinski definition) is 4. The molecule has 12 nitrogen and oxygen atoms in total. The van der Waals surface area contributed by atoms with E-state index in [9.17, 15) is 28.8 Å². The molecule has 12 heteroatoms. The molecule has 0 aromatic heterocycles. The first kappa shape index (κ1) is 29.0. The van der Waals surface area contributed by atoms with E-state index >= 15 is 0 Å². The van der Waals surface area contributed by atoms with Gasteiger partial charge in [0.15, 0.2) is 12.2 Å². The maximum atomic E-state index is 11.2. The van der Waals surface area contributed by atoms with E-state index in [0.29, 0.717) is 0 Å². The van der Waals surface area contributed by atoms with Crippen molar-refractivity contribution in [1.29, 1.82) is 0 Å². The topological polar surface area (TPSA) is 185 Å². The second-order valence-corrected chi connectivity index (χ2v) is 6.39. The lowest BCUT2D eigenvalue weighted by Crippen LogP contribution is -2.29. The van der Waals surface area contributed by atoms with Gasteiger partial charge in [-0.1, -0.05) is 13.8 Å². The fourth-order valence-corrected chi connectivity index (χ4v) is 1.61. The predicted octanol–water partition coefficient (Wildman–Crippen LogP) is -0.450. The molecule has 0 saturated heterocycles. The summed E-state index contributed by atoms with van der Waals surface area (Å²) < 4.78 is 9.20. The van der Waals surface area contributed by atoms with Crippen molar-refractivity contribution in [3.8, 4) is 0 Å². The normalized spacial score (nSPS) is 13.8. The number of esters is 2. The van der Waals surface area contributed by atoms with E-state index in [2.05, 4.69) is 20.1 Å². The third kappa shape index (κ3) is 13.1. The second kappa shape index (κ2) is 14.8. The minimum Gasteiger partial charge on any atom is -0.479 e. The zero-order valence-electron chi connectivity index (χ0n) is 17.9. The van der Waals surface area contributed by atoms with Gasteiger partial charge in [-0.3, -0.25) is 19.2 Å². The molecule has 4 unspecified atom stereocenters. The van der Waals surface area contributed by atoms with Gasteiger partial charge in [0.05, 0.1) is 11.8 Å². The zero-order valence-corrected chi connectivity index (χ0v) is 17.9. The highest BCUT2D eigenvalue weighted by atomic mass is 16.6. The molecular formula is C18H30N2O10. The van der Waals surface area contributed by atoms with Gasteiger partial charge in [-0.15, -0.1) is 0 Å². The van der Waals surface area contributed by atoms with Crippen LogP contribution in [0.2, 0.25) is 0 Å². The van der Waals surface area contributed by atoms with Crippen molar-refractivity contribution in [2.24, 2.45) is 11.8 Å². The Labute approximate surface area is 174 Å². The Morgan fingerprint density at radius 1 is 0.667 bits per heavy atom. The van der Waals surface area contributed by atoms with E-state index in [1.165, 1.54) is 41.8 Å². The van der Waals surface area contributed by atoms with Gasteiger partial charge in [-0.05, 0) is 13.8 Å². The van der Waals surface area contributed by atoms with Crippen LogP contribution in [0.25, 0.3) is 0 Å².